The molecular formula is C30H30N4O5. The molecule has 0 atom stereocenters. The van der Waals surface area contributed by atoms with Crippen LogP contribution in [0.3, 0.4) is 0 Å². The summed E-state index contributed by atoms with van der Waals surface area (Å²) in [7, 11) is 3.23. The summed E-state index contributed by atoms with van der Waals surface area (Å²) >= 11 is 0. The minimum atomic E-state index is -0.403. The Labute approximate surface area is 226 Å². The van der Waals surface area contributed by atoms with Crippen LogP contribution in [0.4, 0.5) is 11.4 Å². The van der Waals surface area contributed by atoms with Gasteiger partial charge in [-0.05, 0) is 42.8 Å². The van der Waals surface area contributed by atoms with Crippen molar-refractivity contribution in [2.45, 2.75) is 6.92 Å². The van der Waals surface area contributed by atoms with Gasteiger partial charge >= 0.3 is 0 Å². The SMILES string of the molecule is COc1ccc(-n2c(-c3ccccc3)cc(C(=O)N3CCN(c4ccc([N+](=O)[O-])cc4)CC3)c2C)c(OC)c1. The van der Waals surface area contributed by atoms with Gasteiger partial charge in [-0.1, -0.05) is 30.3 Å². The number of amides is 1. The van der Waals surface area contributed by atoms with Gasteiger partial charge in [0.05, 0.1) is 36.1 Å². The van der Waals surface area contributed by atoms with Gasteiger partial charge in [-0.3, -0.25) is 14.9 Å². The maximum absolute atomic E-state index is 13.8. The third-order valence-corrected chi connectivity index (χ3v) is 7.17. The van der Waals surface area contributed by atoms with Crippen molar-refractivity contribution in [1.29, 1.82) is 0 Å². The van der Waals surface area contributed by atoms with E-state index >= 15 is 0 Å². The van der Waals surface area contributed by atoms with Crippen molar-refractivity contribution < 1.29 is 19.2 Å². The van der Waals surface area contributed by atoms with Crippen molar-refractivity contribution >= 4 is 17.3 Å². The highest BCUT2D eigenvalue weighted by atomic mass is 16.6. The third kappa shape index (κ3) is 5.03. The summed E-state index contributed by atoms with van der Waals surface area (Å²) in [5.41, 5.74) is 5.13. The number of hydrogen-bond acceptors (Lipinski definition) is 6. The fourth-order valence-corrected chi connectivity index (χ4v) is 5.05. The van der Waals surface area contributed by atoms with Gasteiger partial charge in [-0.2, -0.15) is 0 Å². The lowest BCUT2D eigenvalue weighted by atomic mass is 10.1. The lowest BCUT2D eigenvalue weighted by Crippen LogP contribution is -2.48. The molecular weight excluding hydrogens is 496 g/mol. The number of ether oxygens (including phenoxy) is 2. The zero-order chi connectivity index (χ0) is 27.5. The highest BCUT2D eigenvalue weighted by molar-refractivity contribution is 5.97. The first-order valence-electron chi connectivity index (χ1n) is 12.7. The molecule has 1 aliphatic heterocycles. The molecule has 5 rings (SSSR count). The molecule has 0 saturated carbocycles. The van der Waals surface area contributed by atoms with E-state index in [4.69, 9.17) is 9.47 Å². The second-order valence-corrected chi connectivity index (χ2v) is 9.32. The monoisotopic (exact) mass is 526 g/mol. The first-order chi connectivity index (χ1) is 18.9. The molecule has 1 aliphatic rings. The molecule has 0 unspecified atom stereocenters. The van der Waals surface area contributed by atoms with E-state index in [9.17, 15) is 14.9 Å². The van der Waals surface area contributed by atoms with Crippen LogP contribution in [-0.2, 0) is 0 Å². The smallest absolute Gasteiger partial charge is 0.269 e. The molecule has 0 aliphatic carbocycles. The predicted molar refractivity (Wildman–Crippen MR) is 150 cm³/mol. The van der Waals surface area contributed by atoms with E-state index in [1.54, 1.807) is 26.4 Å². The molecule has 9 nitrogen and oxygen atoms in total. The van der Waals surface area contributed by atoms with Crippen LogP contribution < -0.4 is 14.4 Å². The van der Waals surface area contributed by atoms with Gasteiger partial charge in [-0.25, -0.2) is 0 Å². The lowest BCUT2D eigenvalue weighted by Gasteiger charge is -2.36. The van der Waals surface area contributed by atoms with Crippen LogP contribution in [0, 0.1) is 17.0 Å². The number of anilines is 1. The van der Waals surface area contributed by atoms with E-state index in [0.29, 0.717) is 43.2 Å². The minimum Gasteiger partial charge on any atom is -0.497 e. The summed E-state index contributed by atoms with van der Waals surface area (Å²) < 4.78 is 13.2. The zero-order valence-electron chi connectivity index (χ0n) is 22.2. The highest BCUT2D eigenvalue weighted by Crippen LogP contribution is 2.36. The molecule has 1 saturated heterocycles. The van der Waals surface area contributed by atoms with Gasteiger partial charge in [-0.15, -0.1) is 0 Å². The van der Waals surface area contributed by atoms with E-state index in [1.807, 2.05) is 66.4 Å². The second-order valence-electron chi connectivity index (χ2n) is 9.32. The van der Waals surface area contributed by atoms with Crippen LogP contribution in [0.15, 0.2) is 78.9 Å². The van der Waals surface area contributed by atoms with Crippen molar-refractivity contribution in [3.8, 4) is 28.4 Å². The number of non-ortho nitro benzene ring substituents is 1. The van der Waals surface area contributed by atoms with E-state index in [2.05, 4.69) is 9.47 Å². The number of nitro benzene ring substituents is 1. The van der Waals surface area contributed by atoms with E-state index in [-0.39, 0.29) is 11.6 Å². The Hall–Kier alpha value is -4.79. The molecule has 1 fully saturated rings. The van der Waals surface area contributed by atoms with Crippen molar-refractivity contribution in [3.05, 3.63) is 100 Å². The standard InChI is InChI=1S/C30H30N4O5/c1-21-26(30(35)32-17-15-31(16-18-32)23-9-11-24(12-10-23)34(36)37)20-28(22-7-5-4-6-8-22)33(21)27-14-13-25(38-2)19-29(27)39-3/h4-14,19-20H,15-18H2,1-3H3. The average molecular weight is 527 g/mol. The number of nitrogens with zero attached hydrogens (tertiary/aromatic N) is 4. The van der Waals surface area contributed by atoms with Crippen molar-refractivity contribution in [2.24, 2.45) is 0 Å². The molecule has 3 aromatic carbocycles. The maximum atomic E-state index is 13.8. The predicted octanol–water partition coefficient (Wildman–Crippen LogP) is 5.34. The number of carbonyl (C=O) groups excluding carboxylic acids is 1. The Bertz CT molecular complexity index is 1490. The fraction of sp³-hybridized carbons (Fsp3) is 0.233. The van der Waals surface area contributed by atoms with Gasteiger partial charge in [0.2, 0.25) is 0 Å². The Morgan fingerprint density at radius 2 is 1.56 bits per heavy atom. The summed E-state index contributed by atoms with van der Waals surface area (Å²) in [5.74, 6) is 1.30. The van der Waals surface area contributed by atoms with Crippen molar-refractivity contribution in [1.82, 2.24) is 9.47 Å². The van der Waals surface area contributed by atoms with Crippen molar-refractivity contribution in [3.63, 3.8) is 0 Å². The number of methoxy groups -OCH3 is 2. The molecule has 2 heterocycles. The van der Waals surface area contributed by atoms with Crippen LogP contribution >= 0.6 is 0 Å². The molecule has 200 valence electrons. The first-order valence-corrected chi connectivity index (χ1v) is 12.7. The third-order valence-electron chi connectivity index (χ3n) is 7.17. The van der Waals surface area contributed by atoms with Gasteiger partial charge in [0, 0.05) is 55.8 Å². The molecule has 0 bridgehead atoms. The second kappa shape index (κ2) is 10.9. The molecule has 0 spiro atoms. The van der Waals surface area contributed by atoms with Crippen molar-refractivity contribution in [2.75, 3.05) is 45.3 Å². The average Bonchev–Trinajstić information content (AvgIpc) is 3.33. The summed E-state index contributed by atoms with van der Waals surface area (Å²) in [6.07, 6.45) is 0. The topological polar surface area (TPSA) is 90.1 Å². The van der Waals surface area contributed by atoms with E-state index in [1.165, 1.54) is 12.1 Å². The largest absolute Gasteiger partial charge is 0.497 e. The van der Waals surface area contributed by atoms with Crippen LogP contribution in [0.25, 0.3) is 16.9 Å². The molecule has 9 heteroatoms. The molecule has 1 amide bonds. The fourth-order valence-electron chi connectivity index (χ4n) is 5.05. The van der Waals surface area contributed by atoms with Gasteiger partial charge in [0.15, 0.2) is 0 Å². The van der Waals surface area contributed by atoms with E-state index < -0.39 is 4.92 Å². The van der Waals surface area contributed by atoms with Crippen LogP contribution in [-0.4, -0.2) is 60.7 Å². The van der Waals surface area contributed by atoms with Crippen LogP contribution in [0.5, 0.6) is 11.5 Å². The number of aromatic nitrogens is 1. The minimum absolute atomic E-state index is 0.0285. The first kappa shape index (κ1) is 25.8. The Balaban J connectivity index is 1.45. The maximum Gasteiger partial charge on any atom is 0.269 e. The number of piperazine rings is 1. The van der Waals surface area contributed by atoms with Crippen LogP contribution in [0.1, 0.15) is 16.1 Å². The normalized spacial score (nSPS) is 13.3. The number of carbonyl (C=O) groups is 1. The summed E-state index contributed by atoms with van der Waals surface area (Å²) in [6.45, 7) is 4.33. The summed E-state index contributed by atoms with van der Waals surface area (Å²) in [5, 5.41) is 11.0. The molecule has 39 heavy (non-hydrogen) atoms. The van der Waals surface area contributed by atoms with Gasteiger partial charge in [0.25, 0.3) is 11.6 Å². The van der Waals surface area contributed by atoms with Gasteiger partial charge < -0.3 is 23.8 Å². The van der Waals surface area contributed by atoms with Gasteiger partial charge in [0.1, 0.15) is 11.5 Å². The number of benzene rings is 3. The number of rotatable bonds is 7. The Morgan fingerprint density at radius 3 is 2.18 bits per heavy atom. The number of hydrogen-bond donors (Lipinski definition) is 0. The quantitative estimate of drug-likeness (QED) is 0.239. The Kier molecular flexibility index (Phi) is 7.23. The molecule has 4 aromatic rings. The number of nitro groups is 1. The Morgan fingerprint density at radius 1 is 0.872 bits per heavy atom. The van der Waals surface area contributed by atoms with Crippen LogP contribution in [0.2, 0.25) is 0 Å². The van der Waals surface area contributed by atoms with E-state index in [0.717, 1.165) is 28.3 Å². The molecule has 0 N–H and O–H groups in total. The summed E-state index contributed by atoms with van der Waals surface area (Å²) in [4.78, 5) is 28.4. The molecule has 1 aromatic heterocycles. The highest BCUT2D eigenvalue weighted by Gasteiger charge is 2.27. The molecule has 0 radical (unpaired) electrons. The summed E-state index contributed by atoms with van der Waals surface area (Å²) in [6, 6.07) is 24.1. The lowest BCUT2D eigenvalue weighted by molar-refractivity contribution is -0.384. The zero-order valence-corrected chi connectivity index (χ0v) is 22.2.